The molecule has 0 spiro atoms. The van der Waals surface area contributed by atoms with Crippen LogP contribution >= 0.6 is 0 Å². The van der Waals surface area contributed by atoms with E-state index >= 15 is 0 Å². The van der Waals surface area contributed by atoms with Gasteiger partial charge in [-0.2, -0.15) is 0 Å². The Morgan fingerprint density at radius 2 is 1.89 bits per heavy atom. The Bertz CT molecular complexity index is 634. The lowest BCUT2D eigenvalue weighted by atomic mass is 10.1. The second kappa shape index (κ2) is 4.52. The number of hydrogen-bond acceptors (Lipinski definition) is 3. The quantitative estimate of drug-likeness (QED) is 0.897. The van der Waals surface area contributed by atoms with Crippen LogP contribution < -0.4 is 5.63 Å². The molecule has 0 bridgehead atoms. The Balaban J connectivity index is 2.36. The fraction of sp³-hybridized carbons (Fsp3) is 0.231. The summed E-state index contributed by atoms with van der Waals surface area (Å²) in [5.41, 5.74) is 1.29. The molecular formula is C13H13NO4. The van der Waals surface area contributed by atoms with Gasteiger partial charge in [0.1, 0.15) is 0 Å². The highest BCUT2D eigenvalue weighted by Crippen LogP contribution is 2.10. The van der Waals surface area contributed by atoms with Crippen LogP contribution in [0.4, 0.5) is 0 Å². The van der Waals surface area contributed by atoms with Gasteiger partial charge in [-0.05, 0) is 19.4 Å². The first kappa shape index (κ1) is 12.2. The van der Waals surface area contributed by atoms with Crippen molar-refractivity contribution < 1.29 is 14.4 Å². The second-order valence-electron chi connectivity index (χ2n) is 4.17. The van der Waals surface area contributed by atoms with Crippen LogP contribution in [0.25, 0.3) is 0 Å². The minimum atomic E-state index is -1.26. The van der Waals surface area contributed by atoms with E-state index in [0.29, 0.717) is 12.2 Å². The van der Waals surface area contributed by atoms with Gasteiger partial charge in [-0.25, -0.2) is 14.3 Å². The average Bonchev–Trinajstić information content (AvgIpc) is 2.57. The molecule has 0 aliphatic carbocycles. The van der Waals surface area contributed by atoms with E-state index in [1.807, 2.05) is 31.2 Å². The van der Waals surface area contributed by atoms with Crippen LogP contribution in [-0.4, -0.2) is 15.8 Å². The Kier molecular flexibility index (Phi) is 3.06. The van der Waals surface area contributed by atoms with Crippen molar-refractivity contribution in [2.75, 3.05) is 0 Å². The number of hydrogen-bond donors (Lipinski definition) is 1. The molecule has 0 fully saturated rings. The van der Waals surface area contributed by atoms with Crippen LogP contribution in [0.3, 0.4) is 0 Å². The van der Waals surface area contributed by atoms with E-state index in [2.05, 4.69) is 0 Å². The molecule has 5 heteroatoms. The number of carboxylic acid groups (broad SMARTS) is 1. The Morgan fingerprint density at radius 3 is 2.39 bits per heavy atom. The predicted octanol–water partition coefficient (Wildman–Crippen LogP) is 1.80. The van der Waals surface area contributed by atoms with Gasteiger partial charge in [-0.1, -0.05) is 29.8 Å². The molecule has 2 aromatic rings. The van der Waals surface area contributed by atoms with Crippen molar-refractivity contribution in [1.29, 1.82) is 0 Å². The van der Waals surface area contributed by atoms with Gasteiger partial charge in [0.25, 0.3) is 0 Å². The van der Waals surface area contributed by atoms with Gasteiger partial charge in [0, 0.05) is 0 Å². The molecule has 0 amide bonds. The molecule has 0 saturated carbocycles. The van der Waals surface area contributed by atoms with E-state index in [4.69, 9.17) is 9.63 Å². The number of nitrogens with zero attached hydrogens (tertiary/aromatic N) is 1. The number of benzene rings is 1. The molecular weight excluding hydrogens is 234 g/mol. The minimum Gasteiger partial charge on any atom is -0.477 e. The SMILES string of the molecule is Cc1ccc(Cn2oc(=O)c(C(=O)O)c2C)cc1. The van der Waals surface area contributed by atoms with E-state index in [9.17, 15) is 9.59 Å². The third-order valence-electron chi connectivity index (χ3n) is 2.79. The van der Waals surface area contributed by atoms with Gasteiger partial charge >= 0.3 is 11.6 Å². The zero-order valence-corrected chi connectivity index (χ0v) is 10.1. The molecule has 5 nitrogen and oxygen atoms in total. The molecule has 0 radical (unpaired) electrons. The maximum absolute atomic E-state index is 11.4. The van der Waals surface area contributed by atoms with Crippen molar-refractivity contribution in [3.8, 4) is 0 Å². The lowest BCUT2D eigenvalue weighted by Crippen LogP contribution is -2.09. The molecule has 0 unspecified atom stereocenters. The monoisotopic (exact) mass is 247 g/mol. The lowest BCUT2D eigenvalue weighted by molar-refractivity contribution is 0.0693. The van der Waals surface area contributed by atoms with Crippen LogP contribution in [0, 0.1) is 13.8 Å². The highest BCUT2D eigenvalue weighted by molar-refractivity contribution is 5.88. The summed E-state index contributed by atoms with van der Waals surface area (Å²) >= 11 is 0. The highest BCUT2D eigenvalue weighted by atomic mass is 16.5. The summed E-state index contributed by atoms with van der Waals surface area (Å²) in [6, 6.07) is 7.72. The minimum absolute atomic E-state index is 0.304. The number of aryl methyl sites for hydroxylation is 1. The third-order valence-corrected chi connectivity index (χ3v) is 2.79. The summed E-state index contributed by atoms with van der Waals surface area (Å²) < 4.78 is 6.22. The zero-order valence-electron chi connectivity index (χ0n) is 10.1. The van der Waals surface area contributed by atoms with Crippen molar-refractivity contribution in [3.63, 3.8) is 0 Å². The topological polar surface area (TPSA) is 72.4 Å². The normalized spacial score (nSPS) is 10.6. The predicted molar refractivity (Wildman–Crippen MR) is 64.9 cm³/mol. The first-order valence-electron chi connectivity index (χ1n) is 5.48. The molecule has 18 heavy (non-hydrogen) atoms. The second-order valence-corrected chi connectivity index (χ2v) is 4.17. The molecule has 2 rings (SSSR count). The standard InChI is InChI=1S/C13H13NO4/c1-8-3-5-10(6-4-8)7-14-9(2)11(12(15)16)13(17)18-14/h3-6H,7H2,1-2H3,(H,15,16). The fourth-order valence-electron chi connectivity index (χ4n) is 1.74. The summed E-state index contributed by atoms with van der Waals surface area (Å²) in [6.07, 6.45) is 0. The van der Waals surface area contributed by atoms with E-state index in [0.717, 1.165) is 11.1 Å². The van der Waals surface area contributed by atoms with Crippen molar-refractivity contribution in [1.82, 2.24) is 4.74 Å². The Morgan fingerprint density at radius 1 is 1.28 bits per heavy atom. The van der Waals surface area contributed by atoms with Crippen LogP contribution in [0.15, 0.2) is 33.6 Å². The molecule has 1 N–H and O–H groups in total. The Hall–Kier alpha value is -2.30. The van der Waals surface area contributed by atoms with Gasteiger partial charge in [0.05, 0.1) is 12.2 Å². The Labute approximate surface area is 103 Å². The highest BCUT2D eigenvalue weighted by Gasteiger charge is 2.19. The van der Waals surface area contributed by atoms with Crippen LogP contribution in [0.5, 0.6) is 0 Å². The summed E-state index contributed by atoms with van der Waals surface area (Å²) in [7, 11) is 0. The van der Waals surface area contributed by atoms with Crippen LogP contribution in [0.1, 0.15) is 27.2 Å². The van der Waals surface area contributed by atoms with E-state index in [-0.39, 0.29) is 5.56 Å². The van der Waals surface area contributed by atoms with Crippen LogP contribution in [0.2, 0.25) is 0 Å². The maximum atomic E-state index is 11.4. The van der Waals surface area contributed by atoms with Crippen molar-refractivity contribution in [2.45, 2.75) is 20.4 Å². The van der Waals surface area contributed by atoms with Gasteiger partial charge in [0.15, 0.2) is 5.56 Å². The van der Waals surface area contributed by atoms with Crippen molar-refractivity contribution in [3.05, 3.63) is 57.1 Å². The first-order valence-corrected chi connectivity index (χ1v) is 5.48. The first-order chi connectivity index (χ1) is 8.49. The van der Waals surface area contributed by atoms with E-state index < -0.39 is 11.6 Å². The number of carboxylic acids is 1. The molecule has 0 aliphatic rings. The number of aromatic carboxylic acids is 1. The maximum Gasteiger partial charge on any atom is 0.372 e. The van der Waals surface area contributed by atoms with Gasteiger partial charge in [-0.15, -0.1) is 0 Å². The van der Waals surface area contributed by atoms with E-state index in [1.165, 1.54) is 4.74 Å². The molecule has 0 atom stereocenters. The zero-order chi connectivity index (χ0) is 13.3. The van der Waals surface area contributed by atoms with Crippen molar-refractivity contribution in [2.24, 2.45) is 0 Å². The van der Waals surface area contributed by atoms with Crippen molar-refractivity contribution >= 4 is 5.97 Å². The molecule has 1 aromatic carbocycles. The molecule has 0 saturated heterocycles. The summed E-state index contributed by atoms with van der Waals surface area (Å²) in [4.78, 5) is 22.3. The smallest absolute Gasteiger partial charge is 0.372 e. The fourth-order valence-corrected chi connectivity index (χ4v) is 1.74. The largest absolute Gasteiger partial charge is 0.477 e. The third kappa shape index (κ3) is 2.20. The lowest BCUT2D eigenvalue weighted by Gasteiger charge is -2.04. The molecule has 1 aromatic heterocycles. The summed E-state index contributed by atoms with van der Waals surface area (Å²) in [6.45, 7) is 3.88. The summed E-state index contributed by atoms with van der Waals surface area (Å²) in [5.74, 6) is -1.26. The van der Waals surface area contributed by atoms with Gasteiger partial charge in [0.2, 0.25) is 0 Å². The molecule has 0 aliphatic heterocycles. The molecule has 1 heterocycles. The number of carbonyl (C=O) groups is 1. The van der Waals surface area contributed by atoms with Crippen LogP contribution in [-0.2, 0) is 6.54 Å². The summed E-state index contributed by atoms with van der Waals surface area (Å²) in [5, 5.41) is 8.89. The average molecular weight is 247 g/mol. The van der Waals surface area contributed by atoms with Gasteiger partial charge in [-0.3, -0.25) is 0 Å². The van der Waals surface area contributed by atoms with Gasteiger partial charge < -0.3 is 9.63 Å². The van der Waals surface area contributed by atoms with E-state index in [1.54, 1.807) is 6.92 Å². The number of rotatable bonds is 3. The number of aromatic nitrogens is 1. The molecule has 94 valence electrons.